The third-order valence-corrected chi connectivity index (χ3v) is 6.41. The molecule has 4 aromatic rings. The Bertz CT molecular complexity index is 1330. The second kappa shape index (κ2) is 8.72. The van der Waals surface area contributed by atoms with E-state index in [2.05, 4.69) is 20.6 Å². The molecule has 2 aromatic carbocycles. The largest absolute Gasteiger partial charge is 0.317 e. The van der Waals surface area contributed by atoms with Crippen LogP contribution in [0.25, 0.3) is 28.2 Å². The van der Waals surface area contributed by atoms with Crippen LogP contribution in [0.2, 0.25) is 10.0 Å². The highest BCUT2D eigenvalue weighted by Crippen LogP contribution is 2.34. The Hall–Kier alpha value is -3.04. The molecule has 3 heterocycles. The van der Waals surface area contributed by atoms with Gasteiger partial charge in [0, 0.05) is 16.3 Å². The molecule has 1 saturated heterocycles. The minimum Gasteiger partial charge on any atom is -0.317 e. The summed E-state index contributed by atoms with van der Waals surface area (Å²) in [6.45, 7) is 1.37. The van der Waals surface area contributed by atoms with Gasteiger partial charge in [-0.1, -0.05) is 35.3 Å². The van der Waals surface area contributed by atoms with Crippen LogP contribution in [-0.2, 0) is 4.79 Å². The standard InChI is InChI=1S/C23H21Cl2N7O/c24-14-5-7-15(8-6-14)32-20(16-3-1-2-4-17(16)25)30-18-19(28-13-29-21(18)32)31-22(33)23(26)9-11-27-12-10-23/h1-8,13,27H,9-12,26H2,(H,28,29,31,33). The van der Waals surface area contributed by atoms with Crippen molar-refractivity contribution >= 4 is 46.1 Å². The summed E-state index contributed by atoms with van der Waals surface area (Å²) in [6.07, 6.45) is 2.47. The summed E-state index contributed by atoms with van der Waals surface area (Å²) in [5.74, 6) is 0.581. The van der Waals surface area contributed by atoms with Gasteiger partial charge in [0.15, 0.2) is 17.0 Å². The minimum absolute atomic E-state index is 0.288. The molecular formula is C23H21Cl2N7O. The van der Waals surface area contributed by atoms with E-state index in [1.54, 1.807) is 18.2 Å². The summed E-state index contributed by atoms with van der Waals surface area (Å²) in [5.41, 5.74) is 7.90. The summed E-state index contributed by atoms with van der Waals surface area (Å²) in [6, 6.07) is 14.7. The van der Waals surface area contributed by atoms with Gasteiger partial charge in [0.25, 0.3) is 0 Å². The summed E-state index contributed by atoms with van der Waals surface area (Å²) in [4.78, 5) is 26.7. The van der Waals surface area contributed by atoms with Gasteiger partial charge in [-0.15, -0.1) is 0 Å². The molecule has 0 radical (unpaired) electrons. The number of benzene rings is 2. The first kappa shape index (κ1) is 21.8. The number of carbonyl (C=O) groups is 1. The van der Waals surface area contributed by atoms with Crippen molar-refractivity contribution in [3.05, 3.63) is 64.9 Å². The van der Waals surface area contributed by atoms with E-state index in [4.69, 9.17) is 33.9 Å². The number of anilines is 1. The van der Waals surface area contributed by atoms with Gasteiger partial charge in [-0.2, -0.15) is 0 Å². The lowest BCUT2D eigenvalue weighted by Crippen LogP contribution is -2.57. The van der Waals surface area contributed by atoms with Crippen LogP contribution in [0.15, 0.2) is 54.9 Å². The van der Waals surface area contributed by atoms with Crippen molar-refractivity contribution < 1.29 is 4.79 Å². The van der Waals surface area contributed by atoms with Gasteiger partial charge in [-0.05, 0) is 62.3 Å². The number of hydrogen-bond acceptors (Lipinski definition) is 6. The summed E-state index contributed by atoms with van der Waals surface area (Å²) in [5, 5.41) is 7.26. The lowest BCUT2D eigenvalue weighted by molar-refractivity contribution is -0.122. The molecule has 5 rings (SSSR count). The van der Waals surface area contributed by atoms with Crippen LogP contribution in [0.1, 0.15) is 12.8 Å². The molecule has 0 aliphatic carbocycles. The molecule has 0 unspecified atom stereocenters. The molecule has 1 aliphatic rings. The van der Waals surface area contributed by atoms with Gasteiger partial charge in [0.05, 0.1) is 10.6 Å². The van der Waals surface area contributed by atoms with E-state index in [0.717, 1.165) is 11.3 Å². The first-order valence-corrected chi connectivity index (χ1v) is 11.3. The predicted molar refractivity (Wildman–Crippen MR) is 130 cm³/mol. The summed E-state index contributed by atoms with van der Waals surface area (Å²) < 4.78 is 1.87. The fourth-order valence-electron chi connectivity index (χ4n) is 3.97. The molecular weight excluding hydrogens is 461 g/mol. The molecule has 0 bridgehead atoms. The maximum absolute atomic E-state index is 13.1. The average molecular weight is 482 g/mol. The molecule has 2 aromatic heterocycles. The molecule has 1 fully saturated rings. The predicted octanol–water partition coefficient (Wildman–Crippen LogP) is 3.81. The second-order valence-electron chi connectivity index (χ2n) is 7.98. The SMILES string of the molecule is NC1(C(=O)Nc2ncnc3c2nc(-c2ccccc2Cl)n3-c2ccc(Cl)cc2)CCNCC1. The molecule has 8 nitrogen and oxygen atoms in total. The van der Waals surface area contributed by atoms with Crippen molar-refractivity contribution in [1.29, 1.82) is 0 Å². The Morgan fingerprint density at radius 3 is 2.52 bits per heavy atom. The number of nitrogens with one attached hydrogen (secondary N) is 2. The highest BCUT2D eigenvalue weighted by molar-refractivity contribution is 6.33. The smallest absolute Gasteiger partial charge is 0.245 e. The molecule has 4 N–H and O–H groups in total. The summed E-state index contributed by atoms with van der Waals surface area (Å²) in [7, 11) is 0. The van der Waals surface area contributed by atoms with Crippen LogP contribution in [-0.4, -0.2) is 44.1 Å². The monoisotopic (exact) mass is 481 g/mol. The molecule has 168 valence electrons. The van der Waals surface area contributed by atoms with E-state index in [1.165, 1.54) is 6.33 Å². The molecule has 10 heteroatoms. The van der Waals surface area contributed by atoms with Gasteiger partial charge in [0.2, 0.25) is 5.91 Å². The number of carbonyl (C=O) groups excluding carboxylic acids is 1. The first-order chi connectivity index (χ1) is 16.0. The van der Waals surface area contributed by atoms with Crippen LogP contribution in [0.3, 0.4) is 0 Å². The van der Waals surface area contributed by atoms with Crippen LogP contribution < -0.4 is 16.4 Å². The first-order valence-electron chi connectivity index (χ1n) is 10.5. The number of hydrogen-bond donors (Lipinski definition) is 3. The molecule has 1 aliphatic heterocycles. The van der Waals surface area contributed by atoms with E-state index in [0.29, 0.717) is 58.8 Å². The van der Waals surface area contributed by atoms with Crippen molar-refractivity contribution in [3.63, 3.8) is 0 Å². The Kier molecular flexibility index (Phi) is 5.76. The van der Waals surface area contributed by atoms with E-state index in [-0.39, 0.29) is 5.91 Å². The van der Waals surface area contributed by atoms with Crippen molar-refractivity contribution in [3.8, 4) is 17.1 Å². The molecule has 0 saturated carbocycles. The quantitative estimate of drug-likeness (QED) is 0.408. The number of imidazole rings is 1. The topological polar surface area (TPSA) is 111 Å². The van der Waals surface area contributed by atoms with Crippen LogP contribution in [0.5, 0.6) is 0 Å². The fourth-order valence-corrected chi connectivity index (χ4v) is 4.32. The number of rotatable bonds is 4. The highest BCUT2D eigenvalue weighted by atomic mass is 35.5. The van der Waals surface area contributed by atoms with E-state index < -0.39 is 5.54 Å². The Labute approximate surface area is 200 Å². The maximum Gasteiger partial charge on any atom is 0.245 e. The van der Waals surface area contributed by atoms with Crippen molar-refractivity contribution in [2.75, 3.05) is 18.4 Å². The fraction of sp³-hybridized carbons (Fsp3) is 0.217. The van der Waals surface area contributed by atoms with Gasteiger partial charge >= 0.3 is 0 Å². The van der Waals surface area contributed by atoms with Crippen LogP contribution >= 0.6 is 23.2 Å². The van der Waals surface area contributed by atoms with Gasteiger partial charge in [0.1, 0.15) is 12.2 Å². The zero-order valence-corrected chi connectivity index (χ0v) is 19.1. The Morgan fingerprint density at radius 1 is 1.06 bits per heavy atom. The number of fused-ring (bicyclic) bond motifs is 1. The van der Waals surface area contributed by atoms with Gasteiger partial charge < -0.3 is 16.4 Å². The van der Waals surface area contributed by atoms with Crippen molar-refractivity contribution in [2.45, 2.75) is 18.4 Å². The number of nitrogens with two attached hydrogens (primary N) is 1. The normalized spacial score (nSPS) is 15.5. The van der Waals surface area contributed by atoms with Gasteiger partial charge in [-0.25, -0.2) is 15.0 Å². The van der Waals surface area contributed by atoms with Crippen LogP contribution in [0.4, 0.5) is 5.82 Å². The highest BCUT2D eigenvalue weighted by Gasteiger charge is 2.36. The Balaban J connectivity index is 1.66. The van der Waals surface area contributed by atoms with Gasteiger partial charge in [-0.3, -0.25) is 9.36 Å². The number of aromatic nitrogens is 4. The molecule has 33 heavy (non-hydrogen) atoms. The third-order valence-electron chi connectivity index (χ3n) is 5.82. The summed E-state index contributed by atoms with van der Waals surface area (Å²) >= 11 is 12.6. The lowest BCUT2D eigenvalue weighted by Gasteiger charge is -2.32. The maximum atomic E-state index is 13.1. The zero-order chi connectivity index (χ0) is 23.0. The average Bonchev–Trinajstić information content (AvgIpc) is 3.21. The lowest BCUT2D eigenvalue weighted by atomic mass is 9.88. The van der Waals surface area contributed by atoms with Crippen molar-refractivity contribution in [2.24, 2.45) is 5.73 Å². The van der Waals surface area contributed by atoms with E-state index in [1.807, 2.05) is 34.9 Å². The number of halogens is 2. The second-order valence-corrected chi connectivity index (χ2v) is 8.83. The minimum atomic E-state index is -0.965. The van der Waals surface area contributed by atoms with Crippen LogP contribution in [0, 0.1) is 0 Å². The van der Waals surface area contributed by atoms with E-state index >= 15 is 0 Å². The Morgan fingerprint density at radius 2 is 1.79 bits per heavy atom. The third kappa shape index (κ3) is 4.06. The molecule has 0 atom stereocenters. The number of piperidine rings is 1. The van der Waals surface area contributed by atoms with Crippen molar-refractivity contribution in [1.82, 2.24) is 24.8 Å². The van der Waals surface area contributed by atoms with E-state index in [9.17, 15) is 4.79 Å². The number of amides is 1. The zero-order valence-electron chi connectivity index (χ0n) is 17.6. The molecule has 0 spiro atoms. The number of nitrogens with zero attached hydrogens (tertiary/aromatic N) is 4. The molecule has 1 amide bonds.